The number of hydrogen-bond acceptors (Lipinski definition) is 5. The number of nitrogens with one attached hydrogen (secondary N) is 1. The number of rotatable bonds is 2. The molecule has 0 saturated carbocycles. The summed E-state index contributed by atoms with van der Waals surface area (Å²) in [6.45, 7) is 7.23. The van der Waals surface area contributed by atoms with Crippen LogP contribution in [0.4, 0.5) is 0 Å². The van der Waals surface area contributed by atoms with Crippen LogP contribution < -0.4 is 5.32 Å². The molecule has 1 unspecified atom stereocenters. The minimum atomic E-state index is 0.329. The maximum absolute atomic E-state index is 4.85. The summed E-state index contributed by atoms with van der Waals surface area (Å²) in [5.41, 5.74) is 3.77. The maximum atomic E-state index is 4.85. The van der Waals surface area contributed by atoms with Gasteiger partial charge in [-0.3, -0.25) is 4.90 Å². The first-order valence-corrected chi connectivity index (χ1v) is 7.17. The smallest absolute Gasteiger partial charge is 0.147 e. The van der Waals surface area contributed by atoms with Crippen LogP contribution in [-0.2, 0) is 19.5 Å². The van der Waals surface area contributed by atoms with Crippen molar-refractivity contribution in [2.75, 3.05) is 33.7 Å². The first-order chi connectivity index (χ1) is 9.19. The molecule has 2 aliphatic heterocycles. The highest BCUT2D eigenvalue weighted by Gasteiger charge is 2.28. The molecular formula is C14H23N5. The molecule has 1 aromatic heterocycles. The van der Waals surface area contributed by atoms with E-state index in [-0.39, 0.29) is 0 Å². The highest BCUT2D eigenvalue weighted by molar-refractivity contribution is 5.30. The van der Waals surface area contributed by atoms with Crippen LogP contribution in [0, 0.1) is 0 Å². The van der Waals surface area contributed by atoms with Gasteiger partial charge in [0.25, 0.3) is 0 Å². The lowest BCUT2D eigenvalue weighted by atomic mass is 10.1. The van der Waals surface area contributed by atoms with Crippen LogP contribution in [0.5, 0.6) is 0 Å². The number of aromatic nitrogens is 2. The Hall–Kier alpha value is -1.04. The molecule has 0 amide bonds. The number of fused-ring (bicyclic) bond motifs is 1. The van der Waals surface area contributed by atoms with Crippen LogP contribution in [0.25, 0.3) is 0 Å². The van der Waals surface area contributed by atoms with Gasteiger partial charge in [-0.25, -0.2) is 9.97 Å². The minimum absolute atomic E-state index is 0.329. The number of likely N-dealkylation sites (N-methyl/N-ethyl adjacent to an activating group) is 2. The molecule has 3 heterocycles. The first kappa shape index (κ1) is 13.0. The van der Waals surface area contributed by atoms with E-state index in [0.29, 0.717) is 6.04 Å². The summed E-state index contributed by atoms with van der Waals surface area (Å²) in [6, 6.07) is 0.329. The second-order valence-electron chi connectivity index (χ2n) is 5.67. The van der Waals surface area contributed by atoms with Crippen LogP contribution in [0.3, 0.4) is 0 Å². The Morgan fingerprint density at radius 1 is 1.21 bits per heavy atom. The van der Waals surface area contributed by atoms with Crippen LogP contribution >= 0.6 is 0 Å². The SMILES string of the molecule is CCc1nc(C2CN(C)CCN2C)nc2c1CNC2. The quantitative estimate of drug-likeness (QED) is 0.843. The standard InChI is InChI=1S/C14H23N5/c1-4-11-10-7-15-8-12(10)17-14(16-11)13-9-18(2)5-6-19(13)3/h13,15H,4-9H2,1-3H3. The maximum Gasteiger partial charge on any atom is 0.147 e. The number of hydrogen-bond donors (Lipinski definition) is 1. The molecule has 0 radical (unpaired) electrons. The Labute approximate surface area is 115 Å². The van der Waals surface area contributed by atoms with E-state index in [1.165, 1.54) is 17.0 Å². The summed E-state index contributed by atoms with van der Waals surface area (Å²) in [7, 11) is 4.35. The molecule has 5 nitrogen and oxygen atoms in total. The van der Waals surface area contributed by atoms with Gasteiger partial charge in [0.1, 0.15) is 5.82 Å². The third-order valence-corrected chi connectivity index (χ3v) is 4.27. The monoisotopic (exact) mass is 261 g/mol. The molecule has 1 saturated heterocycles. The van der Waals surface area contributed by atoms with Gasteiger partial charge in [-0.1, -0.05) is 6.92 Å². The topological polar surface area (TPSA) is 44.3 Å². The summed E-state index contributed by atoms with van der Waals surface area (Å²) in [6.07, 6.45) is 0.992. The summed E-state index contributed by atoms with van der Waals surface area (Å²) in [5, 5.41) is 3.39. The lowest BCUT2D eigenvalue weighted by Gasteiger charge is -2.36. The molecule has 19 heavy (non-hydrogen) atoms. The summed E-state index contributed by atoms with van der Waals surface area (Å²) in [4.78, 5) is 14.4. The lowest BCUT2D eigenvalue weighted by Crippen LogP contribution is -2.45. The van der Waals surface area contributed by atoms with Gasteiger partial charge in [-0.2, -0.15) is 0 Å². The fourth-order valence-corrected chi connectivity index (χ4v) is 2.99. The normalized spacial score (nSPS) is 24.7. The van der Waals surface area contributed by atoms with E-state index < -0.39 is 0 Å². The molecule has 0 aromatic carbocycles. The number of piperazine rings is 1. The average Bonchev–Trinajstić information content (AvgIpc) is 2.88. The highest BCUT2D eigenvalue weighted by atomic mass is 15.3. The van der Waals surface area contributed by atoms with Gasteiger partial charge in [0.05, 0.1) is 11.7 Å². The van der Waals surface area contributed by atoms with Gasteiger partial charge in [-0.15, -0.1) is 0 Å². The van der Waals surface area contributed by atoms with E-state index in [9.17, 15) is 0 Å². The number of aryl methyl sites for hydroxylation is 1. The zero-order valence-corrected chi connectivity index (χ0v) is 12.1. The summed E-state index contributed by atoms with van der Waals surface area (Å²) in [5.74, 6) is 1.01. The van der Waals surface area contributed by atoms with Crippen molar-refractivity contribution in [1.82, 2.24) is 25.1 Å². The van der Waals surface area contributed by atoms with Crippen LogP contribution in [-0.4, -0.2) is 53.5 Å². The van der Waals surface area contributed by atoms with Crippen molar-refractivity contribution in [2.45, 2.75) is 32.5 Å². The van der Waals surface area contributed by atoms with Crippen molar-refractivity contribution in [2.24, 2.45) is 0 Å². The van der Waals surface area contributed by atoms with E-state index in [2.05, 4.69) is 36.1 Å². The van der Waals surface area contributed by atoms with E-state index in [4.69, 9.17) is 9.97 Å². The van der Waals surface area contributed by atoms with Crippen molar-refractivity contribution in [3.05, 3.63) is 22.8 Å². The third-order valence-electron chi connectivity index (χ3n) is 4.27. The largest absolute Gasteiger partial charge is 0.307 e. The predicted molar refractivity (Wildman–Crippen MR) is 74.8 cm³/mol. The Morgan fingerprint density at radius 3 is 2.84 bits per heavy atom. The highest BCUT2D eigenvalue weighted by Crippen LogP contribution is 2.24. The van der Waals surface area contributed by atoms with Crippen molar-refractivity contribution < 1.29 is 0 Å². The fraction of sp³-hybridized carbons (Fsp3) is 0.714. The zero-order valence-electron chi connectivity index (χ0n) is 12.1. The van der Waals surface area contributed by atoms with Crippen LogP contribution in [0.15, 0.2) is 0 Å². The molecule has 0 bridgehead atoms. The lowest BCUT2D eigenvalue weighted by molar-refractivity contribution is 0.109. The molecule has 0 aliphatic carbocycles. The Balaban J connectivity index is 1.96. The van der Waals surface area contributed by atoms with Gasteiger partial charge >= 0.3 is 0 Å². The Kier molecular flexibility index (Phi) is 3.52. The van der Waals surface area contributed by atoms with Crippen LogP contribution in [0.2, 0.25) is 0 Å². The third kappa shape index (κ3) is 2.38. The van der Waals surface area contributed by atoms with Crippen molar-refractivity contribution in [1.29, 1.82) is 0 Å². The molecular weight excluding hydrogens is 238 g/mol. The second kappa shape index (κ2) is 5.15. The van der Waals surface area contributed by atoms with Gasteiger partial charge in [0.2, 0.25) is 0 Å². The molecule has 1 aromatic rings. The molecule has 104 valence electrons. The summed E-state index contributed by atoms with van der Waals surface area (Å²) >= 11 is 0. The molecule has 1 fully saturated rings. The van der Waals surface area contributed by atoms with Gasteiger partial charge in [0, 0.05) is 44.0 Å². The van der Waals surface area contributed by atoms with Crippen molar-refractivity contribution >= 4 is 0 Å². The minimum Gasteiger partial charge on any atom is -0.307 e. The summed E-state index contributed by atoms with van der Waals surface area (Å²) < 4.78 is 0. The van der Waals surface area contributed by atoms with Gasteiger partial charge in [0.15, 0.2) is 0 Å². The zero-order chi connectivity index (χ0) is 13.4. The van der Waals surface area contributed by atoms with Gasteiger partial charge in [-0.05, 0) is 20.5 Å². The number of nitrogens with zero attached hydrogens (tertiary/aromatic N) is 4. The predicted octanol–water partition coefficient (Wildman–Crippen LogP) is 0.561. The Morgan fingerprint density at radius 2 is 2.05 bits per heavy atom. The molecule has 2 aliphatic rings. The van der Waals surface area contributed by atoms with E-state index >= 15 is 0 Å². The molecule has 0 spiro atoms. The van der Waals surface area contributed by atoms with E-state index in [1.54, 1.807) is 0 Å². The fourth-order valence-electron chi connectivity index (χ4n) is 2.99. The molecule has 3 rings (SSSR count). The van der Waals surface area contributed by atoms with E-state index in [1.807, 2.05) is 0 Å². The van der Waals surface area contributed by atoms with Gasteiger partial charge < -0.3 is 10.2 Å². The van der Waals surface area contributed by atoms with E-state index in [0.717, 1.165) is 45.0 Å². The van der Waals surface area contributed by atoms with Crippen LogP contribution in [0.1, 0.15) is 35.7 Å². The van der Waals surface area contributed by atoms with Crippen molar-refractivity contribution in [3.63, 3.8) is 0 Å². The average molecular weight is 261 g/mol. The molecule has 1 N–H and O–H groups in total. The molecule has 1 atom stereocenters. The second-order valence-corrected chi connectivity index (χ2v) is 5.67. The first-order valence-electron chi connectivity index (χ1n) is 7.17. The van der Waals surface area contributed by atoms with Crippen molar-refractivity contribution in [3.8, 4) is 0 Å². The Bertz CT molecular complexity index is 473. The molecule has 5 heteroatoms.